The van der Waals surface area contributed by atoms with E-state index in [4.69, 9.17) is 9.47 Å². The predicted molar refractivity (Wildman–Crippen MR) is 189 cm³/mol. The molecule has 220 valence electrons. The molecule has 0 spiro atoms. The molecular weight excluding hydrogens is 550 g/mol. The average molecular weight is 586 g/mol. The number of allylic oxidation sites excluding steroid dienone is 2. The minimum absolute atomic E-state index is 0.825. The second-order valence-corrected chi connectivity index (χ2v) is 10.6. The molecular formula is C42H35NO2. The van der Waals surface area contributed by atoms with Crippen molar-refractivity contribution in [2.24, 2.45) is 0 Å². The highest BCUT2D eigenvalue weighted by atomic mass is 16.5. The lowest BCUT2D eigenvalue weighted by atomic mass is 9.97. The third-order valence-electron chi connectivity index (χ3n) is 7.75. The number of methoxy groups -OCH3 is 2. The number of nitrogens with zero attached hydrogens (tertiary/aromatic N) is 1. The van der Waals surface area contributed by atoms with Crippen molar-refractivity contribution in [3.8, 4) is 22.6 Å². The van der Waals surface area contributed by atoms with E-state index in [1.807, 2.05) is 24.3 Å². The normalized spacial score (nSPS) is 10.8. The molecule has 0 saturated carbocycles. The standard InChI is InChI=1S/C42H35NO2/c1-44-40-28-24-38(25-29-40)43(39-26-30-41(45-2)31-27-39)37-22-20-34(21-23-37)33-18-16-32(17-19-33)10-9-15-42(35-11-5-3-6-12-35)36-13-7-4-8-14-36/h3-31H,1-2H3/b10-9+. The molecule has 0 aliphatic carbocycles. The zero-order chi connectivity index (χ0) is 30.8. The van der Waals surface area contributed by atoms with Gasteiger partial charge < -0.3 is 14.4 Å². The Kier molecular flexibility index (Phi) is 9.18. The van der Waals surface area contributed by atoms with Crippen LogP contribution in [0.15, 0.2) is 170 Å². The van der Waals surface area contributed by atoms with Gasteiger partial charge in [-0.3, -0.25) is 0 Å². The highest BCUT2D eigenvalue weighted by Crippen LogP contribution is 2.37. The summed E-state index contributed by atoms with van der Waals surface area (Å²) in [5.41, 5.74) is 10.2. The van der Waals surface area contributed by atoms with Gasteiger partial charge in [-0.25, -0.2) is 0 Å². The minimum atomic E-state index is 0.825. The fourth-order valence-corrected chi connectivity index (χ4v) is 5.35. The van der Waals surface area contributed by atoms with E-state index in [-0.39, 0.29) is 0 Å². The summed E-state index contributed by atoms with van der Waals surface area (Å²) in [5.74, 6) is 1.65. The van der Waals surface area contributed by atoms with Crippen molar-refractivity contribution in [3.63, 3.8) is 0 Å². The molecule has 6 aromatic rings. The van der Waals surface area contributed by atoms with Crippen LogP contribution in [0.3, 0.4) is 0 Å². The Hall–Kier alpha value is -5.80. The van der Waals surface area contributed by atoms with E-state index in [2.05, 4.69) is 157 Å². The smallest absolute Gasteiger partial charge is 0.119 e. The van der Waals surface area contributed by atoms with Crippen LogP contribution in [-0.2, 0) is 0 Å². The van der Waals surface area contributed by atoms with E-state index in [1.54, 1.807) is 14.2 Å². The topological polar surface area (TPSA) is 21.7 Å². The molecule has 0 atom stereocenters. The van der Waals surface area contributed by atoms with Crippen LogP contribution in [0.4, 0.5) is 17.1 Å². The molecule has 0 unspecified atom stereocenters. The van der Waals surface area contributed by atoms with Gasteiger partial charge in [0.2, 0.25) is 0 Å². The molecule has 0 aliphatic rings. The first kappa shape index (κ1) is 29.3. The Labute approximate surface area is 266 Å². The summed E-state index contributed by atoms with van der Waals surface area (Å²) in [6, 6.07) is 54.6. The zero-order valence-corrected chi connectivity index (χ0v) is 25.5. The van der Waals surface area contributed by atoms with Gasteiger partial charge in [0.1, 0.15) is 11.5 Å². The summed E-state index contributed by atoms with van der Waals surface area (Å²) in [7, 11) is 3.37. The van der Waals surface area contributed by atoms with Gasteiger partial charge in [-0.1, -0.05) is 115 Å². The zero-order valence-electron chi connectivity index (χ0n) is 25.5. The number of ether oxygens (including phenoxy) is 2. The molecule has 3 heteroatoms. The molecule has 0 heterocycles. The molecule has 0 fully saturated rings. The highest BCUT2D eigenvalue weighted by molar-refractivity contribution is 5.82. The van der Waals surface area contributed by atoms with Crippen LogP contribution in [0.2, 0.25) is 0 Å². The Morgan fingerprint density at radius 2 is 0.867 bits per heavy atom. The Morgan fingerprint density at radius 3 is 1.29 bits per heavy atom. The quantitative estimate of drug-likeness (QED) is 0.149. The summed E-state index contributed by atoms with van der Waals surface area (Å²) < 4.78 is 10.8. The first-order valence-corrected chi connectivity index (χ1v) is 15.0. The summed E-state index contributed by atoms with van der Waals surface area (Å²) >= 11 is 0. The maximum Gasteiger partial charge on any atom is 0.119 e. The monoisotopic (exact) mass is 585 g/mol. The van der Waals surface area contributed by atoms with Gasteiger partial charge in [-0.05, 0) is 94.1 Å². The van der Waals surface area contributed by atoms with E-state index in [0.717, 1.165) is 39.7 Å². The van der Waals surface area contributed by atoms with E-state index in [1.165, 1.54) is 22.3 Å². The fraction of sp³-hybridized carbons (Fsp3) is 0.0476. The van der Waals surface area contributed by atoms with E-state index in [0.29, 0.717) is 0 Å². The molecule has 0 N–H and O–H groups in total. The molecule has 0 bridgehead atoms. The predicted octanol–water partition coefficient (Wildman–Crippen LogP) is 11.0. The van der Waals surface area contributed by atoms with E-state index >= 15 is 0 Å². The first-order chi connectivity index (χ1) is 22.2. The van der Waals surface area contributed by atoms with Crippen molar-refractivity contribution in [1.82, 2.24) is 0 Å². The van der Waals surface area contributed by atoms with Gasteiger partial charge in [0.15, 0.2) is 0 Å². The molecule has 0 amide bonds. The fourth-order valence-electron chi connectivity index (χ4n) is 5.35. The van der Waals surface area contributed by atoms with Gasteiger partial charge in [0, 0.05) is 17.1 Å². The van der Waals surface area contributed by atoms with Gasteiger partial charge in [0.25, 0.3) is 0 Å². The first-order valence-electron chi connectivity index (χ1n) is 15.0. The summed E-state index contributed by atoms with van der Waals surface area (Å²) in [5, 5.41) is 0. The third kappa shape index (κ3) is 7.06. The molecule has 0 aliphatic heterocycles. The average Bonchev–Trinajstić information content (AvgIpc) is 3.12. The molecule has 3 nitrogen and oxygen atoms in total. The Balaban J connectivity index is 1.23. The van der Waals surface area contributed by atoms with Crippen LogP contribution in [0.25, 0.3) is 22.8 Å². The minimum Gasteiger partial charge on any atom is -0.497 e. The molecule has 45 heavy (non-hydrogen) atoms. The number of hydrogen-bond acceptors (Lipinski definition) is 3. The van der Waals surface area contributed by atoms with Gasteiger partial charge in [-0.2, -0.15) is 0 Å². The van der Waals surface area contributed by atoms with Crippen LogP contribution >= 0.6 is 0 Å². The van der Waals surface area contributed by atoms with Crippen LogP contribution < -0.4 is 14.4 Å². The molecule has 0 aromatic heterocycles. The number of rotatable bonds is 10. The van der Waals surface area contributed by atoms with E-state index < -0.39 is 0 Å². The maximum absolute atomic E-state index is 5.39. The van der Waals surface area contributed by atoms with Crippen molar-refractivity contribution in [2.75, 3.05) is 19.1 Å². The van der Waals surface area contributed by atoms with Crippen LogP contribution in [0, 0.1) is 0 Å². The lowest BCUT2D eigenvalue weighted by molar-refractivity contribution is 0.415. The van der Waals surface area contributed by atoms with Crippen molar-refractivity contribution in [3.05, 3.63) is 187 Å². The maximum atomic E-state index is 5.39. The summed E-state index contributed by atoms with van der Waals surface area (Å²) in [6.45, 7) is 0. The lowest BCUT2D eigenvalue weighted by Gasteiger charge is -2.26. The van der Waals surface area contributed by atoms with Crippen molar-refractivity contribution < 1.29 is 9.47 Å². The molecule has 0 saturated heterocycles. The van der Waals surface area contributed by atoms with Gasteiger partial charge in [0.05, 0.1) is 14.2 Å². The molecule has 6 aromatic carbocycles. The second-order valence-electron chi connectivity index (χ2n) is 10.6. The Morgan fingerprint density at radius 1 is 0.467 bits per heavy atom. The van der Waals surface area contributed by atoms with E-state index in [9.17, 15) is 0 Å². The van der Waals surface area contributed by atoms with Crippen LogP contribution in [0.1, 0.15) is 16.7 Å². The Bertz CT molecular complexity index is 1770. The van der Waals surface area contributed by atoms with Crippen molar-refractivity contribution in [1.29, 1.82) is 0 Å². The van der Waals surface area contributed by atoms with Crippen molar-refractivity contribution >= 4 is 28.7 Å². The van der Waals surface area contributed by atoms with Crippen LogP contribution in [-0.4, -0.2) is 14.2 Å². The number of anilines is 3. The lowest BCUT2D eigenvalue weighted by Crippen LogP contribution is -2.09. The van der Waals surface area contributed by atoms with Crippen LogP contribution in [0.5, 0.6) is 11.5 Å². The number of benzene rings is 6. The SMILES string of the molecule is COc1ccc(N(c2ccc(OC)cc2)c2ccc(-c3ccc(/C=C/C=C(c4ccccc4)c4ccccc4)cc3)cc2)cc1. The largest absolute Gasteiger partial charge is 0.497 e. The van der Waals surface area contributed by atoms with Gasteiger partial charge in [-0.15, -0.1) is 0 Å². The number of hydrogen-bond donors (Lipinski definition) is 0. The van der Waals surface area contributed by atoms with Gasteiger partial charge >= 0.3 is 0 Å². The highest BCUT2D eigenvalue weighted by Gasteiger charge is 2.13. The van der Waals surface area contributed by atoms with Crippen molar-refractivity contribution in [2.45, 2.75) is 0 Å². The summed E-state index contributed by atoms with van der Waals surface area (Å²) in [4.78, 5) is 2.23. The molecule has 0 radical (unpaired) electrons. The third-order valence-corrected chi connectivity index (χ3v) is 7.75. The molecule has 6 rings (SSSR count). The second kappa shape index (κ2) is 14.1. The summed E-state index contributed by atoms with van der Waals surface area (Å²) in [6.07, 6.45) is 6.47.